The lowest BCUT2D eigenvalue weighted by molar-refractivity contribution is -0.118. The second kappa shape index (κ2) is 5.61. The Morgan fingerprint density at radius 3 is 3.10 bits per heavy atom. The van der Waals surface area contributed by atoms with Gasteiger partial charge in [0, 0.05) is 18.5 Å². The summed E-state index contributed by atoms with van der Waals surface area (Å²) in [6, 6.07) is 7.41. The highest BCUT2D eigenvalue weighted by atomic mass is 35.5. The number of carbonyl (C=O) groups is 1. The van der Waals surface area contributed by atoms with E-state index < -0.39 is 0 Å². The molecule has 2 heterocycles. The summed E-state index contributed by atoms with van der Waals surface area (Å²) < 4.78 is 5.40. The van der Waals surface area contributed by atoms with Gasteiger partial charge in [-0.1, -0.05) is 17.7 Å². The molecular weight excluding hydrogens is 290 g/mol. The minimum atomic E-state index is -0.178. The van der Waals surface area contributed by atoms with Gasteiger partial charge in [0.1, 0.15) is 5.75 Å². The van der Waals surface area contributed by atoms with E-state index >= 15 is 0 Å². The molecule has 0 aliphatic carbocycles. The number of nitrogens with zero attached hydrogens (tertiary/aromatic N) is 1. The molecule has 1 aliphatic heterocycles. The minimum absolute atomic E-state index is 0.0201. The number of ether oxygens (including phenoxy) is 1. The Labute approximate surface area is 127 Å². The molecule has 6 heteroatoms. The molecule has 1 aromatic carbocycles. The van der Waals surface area contributed by atoms with Gasteiger partial charge in [-0.25, -0.2) is 0 Å². The maximum atomic E-state index is 11.3. The summed E-state index contributed by atoms with van der Waals surface area (Å²) in [5.41, 5.74) is 2.40. The molecule has 1 atom stereocenters. The van der Waals surface area contributed by atoms with Crippen LogP contribution in [0.15, 0.2) is 36.7 Å². The molecule has 1 aromatic heterocycles. The van der Waals surface area contributed by atoms with Gasteiger partial charge in [-0.2, -0.15) is 0 Å². The summed E-state index contributed by atoms with van der Waals surface area (Å²) in [5, 5.41) is 6.57. The number of rotatable bonds is 3. The van der Waals surface area contributed by atoms with Gasteiger partial charge in [0.15, 0.2) is 6.61 Å². The third-order valence-electron chi connectivity index (χ3n) is 3.26. The van der Waals surface area contributed by atoms with E-state index in [9.17, 15) is 4.79 Å². The molecule has 21 heavy (non-hydrogen) atoms. The number of nitrogens with one attached hydrogen (secondary N) is 2. The molecule has 0 saturated carbocycles. The number of pyridine rings is 1. The van der Waals surface area contributed by atoms with E-state index in [0.29, 0.717) is 16.5 Å². The molecule has 0 radical (unpaired) electrons. The van der Waals surface area contributed by atoms with Crippen LogP contribution in [0.4, 0.5) is 11.4 Å². The molecular formula is C15H14ClN3O2. The van der Waals surface area contributed by atoms with E-state index in [1.807, 2.05) is 19.1 Å². The van der Waals surface area contributed by atoms with Gasteiger partial charge >= 0.3 is 0 Å². The SMILES string of the molecule is CC(Nc1cc2c(cc1Cl)NC(=O)CO2)c1cccnc1. The third-order valence-corrected chi connectivity index (χ3v) is 3.57. The lowest BCUT2D eigenvalue weighted by Crippen LogP contribution is -2.25. The maximum absolute atomic E-state index is 11.3. The fourth-order valence-corrected chi connectivity index (χ4v) is 2.38. The molecule has 3 rings (SSSR count). The van der Waals surface area contributed by atoms with Gasteiger partial charge in [0.05, 0.1) is 22.4 Å². The Morgan fingerprint density at radius 1 is 1.48 bits per heavy atom. The van der Waals surface area contributed by atoms with Gasteiger partial charge in [-0.15, -0.1) is 0 Å². The molecule has 0 spiro atoms. The first-order valence-corrected chi connectivity index (χ1v) is 6.94. The van der Waals surface area contributed by atoms with Gasteiger partial charge in [-0.3, -0.25) is 9.78 Å². The molecule has 0 saturated heterocycles. The number of amides is 1. The van der Waals surface area contributed by atoms with E-state index in [2.05, 4.69) is 15.6 Å². The topological polar surface area (TPSA) is 63.2 Å². The molecule has 0 fully saturated rings. The second-order valence-corrected chi connectivity index (χ2v) is 5.22. The highest BCUT2D eigenvalue weighted by Gasteiger charge is 2.19. The number of halogens is 1. The number of hydrogen-bond donors (Lipinski definition) is 2. The number of hydrogen-bond acceptors (Lipinski definition) is 4. The Kier molecular flexibility index (Phi) is 3.66. The standard InChI is InChI=1S/C15H14ClN3O2/c1-9(10-3-2-4-17-7-10)18-12-6-14-13(5-11(12)16)19-15(20)8-21-14/h2-7,9,18H,8H2,1H3,(H,19,20). The van der Waals surface area contributed by atoms with Crippen molar-refractivity contribution >= 4 is 28.9 Å². The van der Waals surface area contributed by atoms with Crippen molar-refractivity contribution in [2.24, 2.45) is 0 Å². The fraction of sp³-hybridized carbons (Fsp3) is 0.200. The number of anilines is 2. The first-order valence-electron chi connectivity index (χ1n) is 6.56. The molecule has 1 amide bonds. The van der Waals surface area contributed by atoms with Crippen LogP contribution in [0.3, 0.4) is 0 Å². The van der Waals surface area contributed by atoms with E-state index in [1.54, 1.807) is 24.5 Å². The van der Waals surface area contributed by atoms with E-state index in [0.717, 1.165) is 11.3 Å². The van der Waals surface area contributed by atoms with Crippen molar-refractivity contribution < 1.29 is 9.53 Å². The van der Waals surface area contributed by atoms with Crippen molar-refractivity contribution in [2.45, 2.75) is 13.0 Å². The van der Waals surface area contributed by atoms with Crippen LogP contribution in [0, 0.1) is 0 Å². The predicted molar refractivity (Wildman–Crippen MR) is 81.9 cm³/mol. The lowest BCUT2D eigenvalue weighted by Gasteiger charge is -2.22. The van der Waals surface area contributed by atoms with Crippen molar-refractivity contribution in [1.82, 2.24) is 4.98 Å². The maximum Gasteiger partial charge on any atom is 0.262 e. The monoisotopic (exact) mass is 303 g/mol. The fourth-order valence-electron chi connectivity index (χ4n) is 2.16. The zero-order chi connectivity index (χ0) is 14.8. The lowest BCUT2D eigenvalue weighted by atomic mass is 10.1. The highest BCUT2D eigenvalue weighted by molar-refractivity contribution is 6.33. The average Bonchev–Trinajstić information content (AvgIpc) is 2.49. The van der Waals surface area contributed by atoms with Crippen molar-refractivity contribution in [3.05, 3.63) is 47.2 Å². The molecule has 5 nitrogen and oxygen atoms in total. The van der Waals surface area contributed by atoms with Crippen LogP contribution >= 0.6 is 11.6 Å². The van der Waals surface area contributed by atoms with Crippen molar-refractivity contribution in [3.8, 4) is 5.75 Å². The van der Waals surface area contributed by atoms with Crippen molar-refractivity contribution in [1.29, 1.82) is 0 Å². The van der Waals surface area contributed by atoms with Crippen LogP contribution in [-0.2, 0) is 4.79 Å². The summed E-state index contributed by atoms with van der Waals surface area (Å²) in [7, 11) is 0. The van der Waals surface area contributed by atoms with Crippen molar-refractivity contribution in [2.75, 3.05) is 17.2 Å². The highest BCUT2D eigenvalue weighted by Crippen LogP contribution is 2.37. The van der Waals surface area contributed by atoms with Crippen LogP contribution in [0.25, 0.3) is 0 Å². The molecule has 2 N–H and O–H groups in total. The Balaban J connectivity index is 1.84. The quantitative estimate of drug-likeness (QED) is 0.913. The number of fused-ring (bicyclic) bond motifs is 1. The smallest absolute Gasteiger partial charge is 0.262 e. The molecule has 1 aliphatic rings. The van der Waals surface area contributed by atoms with Gasteiger partial charge in [0.25, 0.3) is 5.91 Å². The van der Waals surface area contributed by atoms with E-state index in [-0.39, 0.29) is 18.6 Å². The number of benzene rings is 1. The van der Waals surface area contributed by atoms with E-state index in [4.69, 9.17) is 16.3 Å². The number of aromatic nitrogens is 1. The summed E-state index contributed by atoms with van der Waals surface area (Å²) in [6.45, 7) is 2.04. The largest absolute Gasteiger partial charge is 0.482 e. The average molecular weight is 304 g/mol. The summed E-state index contributed by atoms with van der Waals surface area (Å²) >= 11 is 6.26. The molecule has 0 bridgehead atoms. The van der Waals surface area contributed by atoms with Crippen LogP contribution in [0.1, 0.15) is 18.5 Å². The Morgan fingerprint density at radius 2 is 2.33 bits per heavy atom. The zero-order valence-corrected chi connectivity index (χ0v) is 12.1. The normalized spacial score (nSPS) is 14.7. The van der Waals surface area contributed by atoms with Gasteiger partial charge in [-0.05, 0) is 24.6 Å². The third kappa shape index (κ3) is 2.92. The van der Waals surface area contributed by atoms with Crippen LogP contribution in [0.2, 0.25) is 5.02 Å². The predicted octanol–water partition coefficient (Wildman–Crippen LogP) is 3.24. The van der Waals surface area contributed by atoms with Crippen molar-refractivity contribution in [3.63, 3.8) is 0 Å². The van der Waals surface area contributed by atoms with Crippen LogP contribution in [0.5, 0.6) is 5.75 Å². The van der Waals surface area contributed by atoms with Gasteiger partial charge in [0.2, 0.25) is 0 Å². The second-order valence-electron chi connectivity index (χ2n) is 4.82. The van der Waals surface area contributed by atoms with Crippen LogP contribution in [-0.4, -0.2) is 17.5 Å². The molecule has 2 aromatic rings. The molecule has 108 valence electrons. The molecule has 1 unspecified atom stereocenters. The van der Waals surface area contributed by atoms with E-state index in [1.165, 1.54) is 0 Å². The summed E-state index contributed by atoms with van der Waals surface area (Å²) in [4.78, 5) is 15.4. The first-order chi connectivity index (χ1) is 10.1. The van der Waals surface area contributed by atoms with Gasteiger partial charge < -0.3 is 15.4 Å². The Bertz CT molecular complexity index is 676. The van der Waals surface area contributed by atoms with Crippen LogP contribution < -0.4 is 15.4 Å². The Hall–Kier alpha value is -2.27. The first kappa shape index (κ1) is 13.7. The summed E-state index contributed by atoms with van der Waals surface area (Å²) in [6.07, 6.45) is 3.54. The zero-order valence-electron chi connectivity index (χ0n) is 11.4. The minimum Gasteiger partial charge on any atom is -0.482 e. The number of carbonyl (C=O) groups excluding carboxylic acids is 1. The summed E-state index contributed by atoms with van der Waals surface area (Å²) in [5.74, 6) is 0.433.